The van der Waals surface area contributed by atoms with Crippen LogP contribution >= 0.6 is 23.4 Å². The van der Waals surface area contributed by atoms with Gasteiger partial charge in [0.25, 0.3) is 0 Å². The van der Waals surface area contributed by atoms with E-state index in [1.165, 1.54) is 11.8 Å². The Morgan fingerprint density at radius 2 is 1.85 bits per heavy atom. The number of amides is 1. The van der Waals surface area contributed by atoms with Crippen LogP contribution in [0.4, 0.5) is 5.95 Å². The van der Waals surface area contributed by atoms with Gasteiger partial charge >= 0.3 is 0 Å². The highest BCUT2D eigenvalue weighted by Crippen LogP contribution is 2.27. The van der Waals surface area contributed by atoms with E-state index in [4.69, 9.17) is 21.1 Å². The molecule has 1 aromatic heterocycles. The highest BCUT2D eigenvalue weighted by molar-refractivity contribution is 7.99. The summed E-state index contributed by atoms with van der Waals surface area (Å²) in [6, 6.07) is 17.1. The largest absolute Gasteiger partial charge is 0.492 e. The van der Waals surface area contributed by atoms with E-state index < -0.39 is 0 Å². The van der Waals surface area contributed by atoms with Gasteiger partial charge in [-0.15, -0.1) is 10.2 Å². The lowest BCUT2D eigenvalue weighted by atomic mass is 10.3. The predicted molar refractivity (Wildman–Crippen MR) is 130 cm³/mol. The first kappa shape index (κ1) is 23.4. The van der Waals surface area contributed by atoms with Crippen molar-refractivity contribution in [3.05, 3.63) is 59.6 Å². The van der Waals surface area contributed by atoms with E-state index in [1.54, 1.807) is 24.1 Å². The molecule has 0 radical (unpaired) electrons. The van der Waals surface area contributed by atoms with E-state index in [0.717, 1.165) is 30.5 Å². The fraction of sp³-hybridized carbons (Fsp3) is 0.348. The molecule has 0 spiro atoms. The SMILES string of the molecule is CN(CCOc1ccc(Cl)cc1)C(=O)CSc1nnc(N2CCOCC2)n1-c1ccccc1. The third-order valence-corrected chi connectivity index (χ3v) is 6.35. The van der Waals surface area contributed by atoms with Gasteiger partial charge < -0.3 is 19.3 Å². The second-order valence-electron chi connectivity index (χ2n) is 7.46. The van der Waals surface area contributed by atoms with Crippen molar-refractivity contribution in [3.8, 4) is 11.4 Å². The maximum Gasteiger partial charge on any atom is 0.232 e. The third kappa shape index (κ3) is 6.19. The number of morpholine rings is 1. The lowest BCUT2D eigenvalue weighted by Gasteiger charge is -2.27. The van der Waals surface area contributed by atoms with Gasteiger partial charge in [-0.05, 0) is 36.4 Å². The van der Waals surface area contributed by atoms with Gasteiger partial charge in [0.2, 0.25) is 11.9 Å². The lowest BCUT2D eigenvalue weighted by molar-refractivity contribution is -0.127. The van der Waals surface area contributed by atoms with Crippen molar-refractivity contribution in [3.63, 3.8) is 0 Å². The van der Waals surface area contributed by atoms with Crippen molar-refractivity contribution in [1.82, 2.24) is 19.7 Å². The number of para-hydroxylation sites is 1. The van der Waals surface area contributed by atoms with Crippen molar-refractivity contribution in [2.75, 3.05) is 57.2 Å². The Morgan fingerprint density at radius 1 is 1.12 bits per heavy atom. The maximum absolute atomic E-state index is 12.7. The molecule has 10 heteroatoms. The van der Waals surface area contributed by atoms with Crippen molar-refractivity contribution < 1.29 is 14.3 Å². The number of ether oxygens (including phenoxy) is 2. The molecule has 0 saturated carbocycles. The van der Waals surface area contributed by atoms with E-state index in [1.807, 2.05) is 47.0 Å². The van der Waals surface area contributed by atoms with Crippen LogP contribution in [-0.2, 0) is 9.53 Å². The molecular formula is C23H26ClN5O3S. The highest BCUT2D eigenvalue weighted by Gasteiger charge is 2.22. The Bertz CT molecular complexity index is 1040. The number of likely N-dealkylation sites (N-methyl/N-ethyl adjacent to an activating group) is 1. The molecule has 2 heterocycles. The molecule has 4 rings (SSSR count). The number of hydrogen-bond acceptors (Lipinski definition) is 7. The number of anilines is 1. The van der Waals surface area contributed by atoms with Crippen LogP contribution in [0, 0.1) is 0 Å². The van der Waals surface area contributed by atoms with Crippen molar-refractivity contribution in [2.45, 2.75) is 5.16 Å². The number of aromatic nitrogens is 3. The molecule has 33 heavy (non-hydrogen) atoms. The summed E-state index contributed by atoms with van der Waals surface area (Å²) < 4.78 is 13.2. The molecule has 0 unspecified atom stereocenters. The number of carbonyl (C=O) groups excluding carboxylic acids is 1. The zero-order valence-corrected chi connectivity index (χ0v) is 20.0. The minimum atomic E-state index is -0.00441. The van der Waals surface area contributed by atoms with Crippen LogP contribution in [-0.4, -0.2) is 77.8 Å². The molecule has 174 valence electrons. The molecule has 1 amide bonds. The van der Waals surface area contributed by atoms with Crippen LogP contribution in [0.1, 0.15) is 0 Å². The average molecular weight is 488 g/mol. The Labute approximate surface area is 202 Å². The van der Waals surface area contributed by atoms with Gasteiger partial charge in [-0.25, -0.2) is 0 Å². The van der Waals surface area contributed by atoms with Gasteiger partial charge in [-0.1, -0.05) is 41.6 Å². The summed E-state index contributed by atoms with van der Waals surface area (Å²) in [7, 11) is 1.77. The first-order valence-corrected chi connectivity index (χ1v) is 12.1. The fourth-order valence-electron chi connectivity index (χ4n) is 3.32. The molecule has 1 fully saturated rings. The summed E-state index contributed by atoms with van der Waals surface area (Å²) >= 11 is 7.27. The van der Waals surface area contributed by atoms with Crippen LogP contribution in [0.25, 0.3) is 5.69 Å². The molecule has 2 aromatic carbocycles. The fourth-order valence-corrected chi connectivity index (χ4v) is 4.33. The van der Waals surface area contributed by atoms with E-state index in [2.05, 4.69) is 15.1 Å². The minimum absolute atomic E-state index is 0.00441. The molecule has 1 aliphatic rings. The number of nitrogens with zero attached hydrogens (tertiary/aromatic N) is 5. The molecule has 1 saturated heterocycles. The van der Waals surface area contributed by atoms with Gasteiger partial charge in [0.1, 0.15) is 12.4 Å². The van der Waals surface area contributed by atoms with E-state index in [-0.39, 0.29) is 11.7 Å². The Morgan fingerprint density at radius 3 is 2.58 bits per heavy atom. The molecule has 1 aliphatic heterocycles. The average Bonchev–Trinajstić information content (AvgIpc) is 3.28. The van der Waals surface area contributed by atoms with Crippen LogP contribution in [0.15, 0.2) is 59.8 Å². The van der Waals surface area contributed by atoms with Crippen LogP contribution in [0.2, 0.25) is 5.02 Å². The smallest absolute Gasteiger partial charge is 0.232 e. The number of hydrogen-bond donors (Lipinski definition) is 0. The standard InChI is InChI=1S/C23H26ClN5O3S/c1-27(11-16-32-20-9-7-18(24)8-10-20)21(30)17-33-23-26-25-22(28-12-14-31-15-13-28)29(23)19-5-3-2-4-6-19/h2-10H,11-17H2,1H3. The summed E-state index contributed by atoms with van der Waals surface area (Å²) in [4.78, 5) is 16.5. The number of carbonyl (C=O) groups is 1. The summed E-state index contributed by atoms with van der Waals surface area (Å²) in [5, 5.41) is 10.2. The minimum Gasteiger partial charge on any atom is -0.492 e. The Kier molecular flexibility index (Phi) is 8.09. The van der Waals surface area contributed by atoms with Crippen LogP contribution in [0.5, 0.6) is 5.75 Å². The van der Waals surface area contributed by atoms with Gasteiger partial charge in [0.15, 0.2) is 5.16 Å². The highest BCUT2D eigenvalue weighted by atomic mass is 35.5. The van der Waals surface area contributed by atoms with Gasteiger partial charge in [-0.3, -0.25) is 9.36 Å². The first-order chi connectivity index (χ1) is 16.1. The second kappa shape index (κ2) is 11.4. The number of thioether (sulfide) groups is 1. The van der Waals surface area contributed by atoms with Crippen molar-refractivity contribution in [2.24, 2.45) is 0 Å². The zero-order valence-electron chi connectivity index (χ0n) is 18.4. The number of rotatable bonds is 9. The lowest BCUT2D eigenvalue weighted by Crippen LogP contribution is -2.37. The van der Waals surface area contributed by atoms with Gasteiger partial charge in [-0.2, -0.15) is 0 Å². The molecule has 0 bridgehead atoms. The third-order valence-electron chi connectivity index (χ3n) is 5.18. The van der Waals surface area contributed by atoms with Gasteiger partial charge in [0.05, 0.1) is 31.2 Å². The molecular weight excluding hydrogens is 462 g/mol. The van der Waals surface area contributed by atoms with Gasteiger partial charge in [0, 0.05) is 25.2 Å². The van der Waals surface area contributed by atoms with E-state index >= 15 is 0 Å². The van der Waals surface area contributed by atoms with E-state index in [9.17, 15) is 4.79 Å². The molecule has 3 aromatic rings. The normalized spacial score (nSPS) is 13.7. The van der Waals surface area contributed by atoms with Crippen LogP contribution < -0.4 is 9.64 Å². The monoisotopic (exact) mass is 487 g/mol. The topological polar surface area (TPSA) is 72.7 Å². The molecule has 0 atom stereocenters. The number of benzene rings is 2. The number of halogens is 1. The van der Waals surface area contributed by atoms with Crippen molar-refractivity contribution in [1.29, 1.82) is 0 Å². The Balaban J connectivity index is 1.37. The summed E-state index contributed by atoms with van der Waals surface area (Å²) in [5.74, 6) is 1.74. The zero-order chi connectivity index (χ0) is 23.0. The molecule has 8 nitrogen and oxygen atoms in total. The Hall–Kier alpha value is -2.75. The van der Waals surface area contributed by atoms with Crippen LogP contribution in [0.3, 0.4) is 0 Å². The second-order valence-corrected chi connectivity index (χ2v) is 8.84. The predicted octanol–water partition coefficient (Wildman–Crippen LogP) is 3.39. The maximum atomic E-state index is 12.7. The first-order valence-electron chi connectivity index (χ1n) is 10.7. The quantitative estimate of drug-likeness (QED) is 0.428. The molecule has 0 N–H and O–H groups in total. The summed E-state index contributed by atoms with van der Waals surface area (Å²) in [6.45, 7) is 3.70. The summed E-state index contributed by atoms with van der Waals surface area (Å²) in [6.07, 6.45) is 0. The van der Waals surface area contributed by atoms with Crippen molar-refractivity contribution >= 4 is 35.2 Å². The summed E-state index contributed by atoms with van der Waals surface area (Å²) in [5.41, 5.74) is 0.962. The van der Waals surface area contributed by atoms with E-state index in [0.29, 0.717) is 36.5 Å². The molecule has 0 aliphatic carbocycles.